The molecule has 0 aliphatic heterocycles. The van der Waals surface area contributed by atoms with Crippen LogP contribution in [0.5, 0.6) is 0 Å². The van der Waals surface area contributed by atoms with Crippen LogP contribution in [0.2, 0.25) is 0 Å². The van der Waals surface area contributed by atoms with Gasteiger partial charge in [0.25, 0.3) is 5.91 Å². The standard InChI is InChI=1S/C17H22N2O2S/c1-4-5-10-19(3)17(20)15-8-6-7-9-16(15)22-12-14-11-13(2)18-21-14/h6-9,11H,4-5,10,12H2,1-3H3. The molecule has 0 aliphatic rings. The molecule has 0 bridgehead atoms. The smallest absolute Gasteiger partial charge is 0.254 e. The molecule has 0 N–H and O–H groups in total. The minimum atomic E-state index is 0.0744. The molecule has 1 aromatic heterocycles. The fourth-order valence-corrected chi connectivity index (χ4v) is 3.02. The van der Waals surface area contributed by atoms with Crippen molar-refractivity contribution in [3.8, 4) is 0 Å². The van der Waals surface area contributed by atoms with E-state index >= 15 is 0 Å². The van der Waals surface area contributed by atoms with Gasteiger partial charge >= 0.3 is 0 Å². The molecular formula is C17H22N2O2S. The molecule has 0 aliphatic carbocycles. The molecule has 1 aromatic carbocycles. The lowest BCUT2D eigenvalue weighted by atomic mass is 10.2. The molecular weight excluding hydrogens is 296 g/mol. The zero-order valence-electron chi connectivity index (χ0n) is 13.3. The summed E-state index contributed by atoms with van der Waals surface area (Å²) in [6.07, 6.45) is 2.10. The summed E-state index contributed by atoms with van der Waals surface area (Å²) in [5.41, 5.74) is 1.63. The number of hydrogen-bond acceptors (Lipinski definition) is 4. The predicted molar refractivity (Wildman–Crippen MR) is 89.1 cm³/mol. The molecule has 0 radical (unpaired) electrons. The number of thioether (sulfide) groups is 1. The number of aromatic nitrogens is 1. The average Bonchev–Trinajstić information content (AvgIpc) is 2.95. The fraction of sp³-hybridized carbons (Fsp3) is 0.412. The highest BCUT2D eigenvalue weighted by molar-refractivity contribution is 7.98. The topological polar surface area (TPSA) is 46.3 Å². The third-order valence-electron chi connectivity index (χ3n) is 3.36. The minimum Gasteiger partial charge on any atom is -0.360 e. The van der Waals surface area contributed by atoms with Crippen molar-refractivity contribution in [2.24, 2.45) is 0 Å². The van der Waals surface area contributed by atoms with Gasteiger partial charge in [-0.3, -0.25) is 4.79 Å². The Labute approximate surface area is 135 Å². The first-order valence-electron chi connectivity index (χ1n) is 7.51. The lowest BCUT2D eigenvalue weighted by Gasteiger charge is -2.18. The van der Waals surface area contributed by atoms with E-state index in [1.54, 1.807) is 16.7 Å². The summed E-state index contributed by atoms with van der Waals surface area (Å²) in [5.74, 6) is 1.57. The zero-order chi connectivity index (χ0) is 15.9. The van der Waals surface area contributed by atoms with E-state index < -0.39 is 0 Å². The number of unbranched alkanes of at least 4 members (excludes halogenated alkanes) is 1. The molecule has 2 aromatic rings. The number of hydrogen-bond donors (Lipinski definition) is 0. The maximum Gasteiger partial charge on any atom is 0.254 e. The predicted octanol–water partition coefficient (Wildman–Crippen LogP) is 4.15. The van der Waals surface area contributed by atoms with Crippen molar-refractivity contribution in [1.82, 2.24) is 10.1 Å². The van der Waals surface area contributed by atoms with Gasteiger partial charge in [0.05, 0.1) is 17.0 Å². The number of carbonyl (C=O) groups excluding carboxylic acids is 1. The van der Waals surface area contributed by atoms with Crippen LogP contribution < -0.4 is 0 Å². The van der Waals surface area contributed by atoms with Crippen LogP contribution in [0.15, 0.2) is 39.8 Å². The number of benzene rings is 1. The number of amides is 1. The van der Waals surface area contributed by atoms with E-state index in [1.165, 1.54) is 0 Å². The van der Waals surface area contributed by atoms with E-state index in [-0.39, 0.29) is 5.91 Å². The van der Waals surface area contributed by atoms with Gasteiger partial charge in [0.2, 0.25) is 0 Å². The van der Waals surface area contributed by atoms with E-state index in [2.05, 4.69) is 12.1 Å². The fourth-order valence-electron chi connectivity index (χ4n) is 2.10. The lowest BCUT2D eigenvalue weighted by Crippen LogP contribution is -2.28. The second kappa shape index (κ2) is 8.03. The van der Waals surface area contributed by atoms with E-state index in [0.29, 0.717) is 5.75 Å². The molecule has 118 valence electrons. The molecule has 0 unspecified atom stereocenters. The van der Waals surface area contributed by atoms with Crippen LogP contribution in [0.4, 0.5) is 0 Å². The van der Waals surface area contributed by atoms with Crippen molar-refractivity contribution in [2.45, 2.75) is 37.3 Å². The van der Waals surface area contributed by atoms with Crippen LogP contribution >= 0.6 is 11.8 Å². The first-order valence-corrected chi connectivity index (χ1v) is 8.50. The Morgan fingerprint density at radius 1 is 1.36 bits per heavy atom. The Morgan fingerprint density at radius 2 is 2.14 bits per heavy atom. The van der Waals surface area contributed by atoms with Gasteiger partial charge in [-0.15, -0.1) is 11.8 Å². The molecule has 0 spiro atoms. The van der Waals surface area contributed by atoms with Crippen molar-refractivity contribution in [1.29, 1.82) is 0 Å². The minimum absolute atomic E-state index is 0.0744. The molecule has 2 rings (SSSR count). The number of carbonyl (C=O) groups is 1. The van der Waals surface area contributed by atoms with Gasteiger partial charge in [-0.05, 0) is 25.5 Å². The maximum absolute atomic E-state index is 12.6. The molecule has 1 amide bonds. The molecule has 0 fully saturated rings. The lowest BCUT2D eigenvalue weighted by molar-refractivity contribution is 0.0790. The first kappa shape index (κ1) is 16.6. The van der Waals surface area contributed by atoms with Crippen LogP contribution in [-0.2, 0) is 5.75 Å². The molecule has 22 heavy (non-hydrogen) atoms. The summed E-state index contributed by atoms with van der Waals surface area (Å²) in [5, 5.41) is 3.88. The monoisotopic (exact) mass is 318 g/mol. The largest absolute Gasteiger partial charge is 0.360 e. The van der Waals surface area contributed by atoms with Gasteiger partial charge < -0.3 is 9.42 Å². The van der Waals surface area contributed by atoms with E-state index in [0.717, 1.165) is 41.3 Å². The average molecular weight is 318 g/mol. The highest BCUT2D eigenvalue weighted by atomic mass is 32.2. The summed E-state index contributed by atoms with van der Waals surface area (Å²) in [7, 11) is 1.86. The van der Waals surface area contributed by atoms with E-state index in [4.69, 9.17) is 4.52 Å². The zero-order valence-corrected chi connectivity index (χ0v) is 14.2. The van der Waals surface area contributed by atoms with Crippen LogP contribution in [-0.4, -0.2) is 29.6 Å². The van der Waals surface area contributed by atoms with Crippen molar-refractivity contribution in [2.75, 3.05) is 13.6 Å². The summed E-state index contributed by atoms with van der Waals surface area (Å²) < 4.78 is 5.22. The van der Waals surface area contributed by atoms with Crippen LogP contribution in [0.1, 0.15) is 41.6 Å². The molecule has 4 nitrogen and oxygen atoms in total. The normalized spacial score (nSPS) is 10.7. The van der Waals surface area contributed by atoms with Gasteiger partial charge in [-0.1, -0.05) is 30.6 Å². The van der Waals surface area contributed by atoms with Gasteiger partial charge in [-0.25, -0.2) is 0 Å². The van der Waals surface area contributed by atoms with Gasteiger partial charge in [-0.2, -0.15) is 0 Å². The van der Waals surface area contributed by atoms with Crippen LogP contribution in [0.25, 0.3) is 0 Å². The van der Waals surface area contributed by atoms with Crippen molar-refractivity contribution in [3.63, 3.8) is 0 Å². The van der Waals surface area contributed by atoms with Gasteiger partial charge in [0, 0.05) is 24.6 Å². The molecule has 0 saturated heterocycles. The van der Waals surface area contributed by atoms with Gasteiger partial charge in [0.15, 0.2) is 0 Å². The van der Waals surface area contributed by atoms with Crippen LogP contribution in [0, 0.1) is 6.92 Å². The van der Waals surface area contributed by atoms with Crippen molar-refractivity contribution < 1.29 is 9.32 Å². The van der Waals surface area contributed by atoms with Gasteiger partial charge in [0.1, 0.15) is 5.76 Å². The van der Waals surface area contributed by atoms with Crippen molar-refractivity contribution in [3.05, 3.63) is 47.3 Å². The highest BCUT2D eigenvalue weighted by Gasteiger charge is 2.15. The van der Waals surface area contributed by atoms with E-state index in [1.807, 2.05) is 44.3 Å². The summed E-state index contributed by atoms with van der Waals surface area (Å²) in [6, 6.07) is 9.65. The number of nitrogens with zero attached hydrogens (tertiary/aromatic N) is 2. The molecule has 0 saturated carbocycles. The molecule has 1 heterocycles. The Kier molecular flexibility index (Phi) is 6.07. The van der Waals surface area contributed by atoms with E-state index in [9.17, 15) is 4.79 Å². The summed E-state index contributed by atoms with van der Waals surface area (Å²) in [6.45, 7) is 4.81. The van der Waals surface area contributed by atoms with Crippen LogP contribution in [0.3, 0.4) is 0 Å². The first-order chi connectivity index (χ1) is 10.6. The second-order valence-electron chi connectivity index (χ2n) is 5.30. The quantitative estimate of drug-likeness (QED) is 0.720. The molecule has 5 heteroatoms. The Bertz CT molecular complexity index is 625. The second-order valence-corrected chi connectivity index (χ2v) is 6.32. The Balaban J connectivity index is 2.07. The number of rotatable bonds is 7. The van der Waals surface area contributed by atoms with Crippen molar-refractivity contribution >= 4 is 17.7 Å². The third-order valence-corrected chi connectivity index (χ3v) is 4.45. The Hall–Kier alpha value is -1.75. The maximum atomic E-state index is 12.6. The third kappa shape index (κ3) is 4.37. The summed E-state index contributed by atoms with van der Waals surface area (Å²) >= 11 is 1.60. The number of aryl methyl sites for hydroxylation is 1. The molecule has 0 atom stereocenters. The SMILES string of the molecule is CCCCN(C)C(=O)c1ccccc1SCc1cc(C)no1. The highest BCUT2D eigenvalue weighted by Crippen LogP contribution is 2.27. The summed E-state index contributed by atoms with van der Waals surface area (Å²) in [4.78, 5) is 15.3. The Morgan fingerprint density at radius 3 is 2.82 bits per heavy atom.